The van der Waals surface area contributed by atoms with Crippen molar-refractivity contribution in [2.45, 2.75) is 26.4 Å². The lowest BCUT2D eigenvalue weighted by molar-refractivity contribution is 0.0247. The number of benzene rings is 2. The van der Waals surface area contributed by atoms with Crippen LogP contribution in [0.5, 0.6) is 5.75 Å². The highest BCUT2D eigenvalue weighted by Crippen LogP contribution is 2.53. The number of carbonyl (C=O) groups excluding carboxylic acids is 1. The number of nitrogens with zero attached hydrogens (tertiary/aromatic N) is 3. The minimum Gasteiger partial charge on any atom is -0.497 e. The average molecular weight is 466 g/mol. The largest absolute Gasteiger partial charge is 0.497 e. The number of hydrogen-bond donors (Lipinski definition) is 0. The van der Waals surface area contributed by atoms with E-state index in [1.54, 1.807) is 25.4 Å². The van der Waals surface area contributed by atoms with Gasteiger partial charge in [-0.25, -0.2) is 4.79 Å². The van der Waals surface area contributed by atoms with Gasteiger partial charge in [-0.1, -0.05) is 11.6 Å². The molecule has 0 aliphatic carbocycles. The quantitative estimate of drug-likeness (QED) is 0.332. The van der Waals surface area contributed by atoms with Crippen LogP contribution in [0.15, 0.2) is 54.7 Å². The number of pyridine rings is 1. The van der Waals surface area contributed by atoms with Crippen molar-refractivity contribution in [3.63, 3.8) is 0 Å². The molecule has 35 heavy (non-hydrogen) atoms. The molecule has 0 spiro atoms. The predicted molar refractivity (Wildman–Crippen MR) is 136 cm³/mol. The molecule has 1 atom stereocenters. The summed E-state index contributed by atoms with van der Waals surface area (Å²) in [7, 11) is 5.76. The zero-order chi connectivity index (χ0) is 24.6. The fourth-order valence-corrected chi connectivity index (χ4v) is 5.81. The summed E-state index contributed by atoms with van der Waals surface area (Å²) in [6, 6.07) is 16.0. The molecule has 0 saturated carbocycles. The third kappa shape index (κ3) is 2.65. The van der Waals surface area contributed by atoms with E-state index in [2.05, 4.69) is 61.2 Å². The van der Waals surface area contributed by atoms with Gasteiger partial charge in [0.05, 0.1) is 12.7 Å². The van der Waals surface area contributed by atoms with Crippen LogP contribution >= 0.6 is 0 Å². The monoisotopic (exact) mass is 465 g/mol. The van der Waals surface area contributed by atoms with Crippen molar-refractivity contribution in [2.75, 3.05) is 7.11 Å². The summed E-state index contributed by atoms with van der Waals surface area (Å²) in [5.41, 5.74) is 7.06. The van der Waals surface area contributed by atoms with E-state index in [0.717, 1.165) is 55.6 Å². The summed E-state index contributed by atoms with van der Waals surface area (Å²) < 4.78 is 16.4. The molecule has 0 bridgehead atoms. The molecule has 6 heteroatoms. The zero-order valence-electron chi connectivity index (χ0n) is 20.8. The molecule has 0 amide bonds. The van der Waals surface area contributed by atoms with Crippen molar-refractivity contribution >= 4 is 27.8 Å². The molecule has 1 aliphatic heterocycles. The highest BCUT2D eigenvalue weighted by Gasteiger charge is 2.54. The number of ether oxygens (including phenoxy) is 2. The van der Waals surface area contributed by atoms with Gasteiger partial charge in [-0.15, -0.1) is 0 Å². The number of cyclic esters (lactones) is 1. The molecule has 3 aromatic heterocycles. The number of aromatic nitrogens is 3. The Morgan fingerprint density at radius 1 is 0.886 bits per heavy atom. The van der Waals surface area contributed by atoms with Crippen molar-refractivity contribution in [1.82, 2.24) is 14.1 Å². The van der Waals surface area contributed by atoms with Gasteiger partial charge in [0.1, 0.15) is 11.4 Å². The van der Waals surface area contributed by atoms with Crippen LogP contribution in [0, 0.1) is 20.8 Å². The van der Waals surface area contributed by atoms with Crippen molar-refractivity contribution in [1.29, 1.82) is 0 Å². The summed E-state index contributed by atoms with van der Waals surface area (Å²) in [5, 5.41) is 2.02. The minimum absolute atomic E-state index is 0.364. The molecule has 0 fully saturated rings. The second-order valence-corrected chi connectivity index (χ2v) is 9.41. The van der Waals surface area contributed by atoms with Gasteiger partial charge >= 0.3 is 5.97 Å². The maximum Gasteiger partial charge on any atom is 0.341 e. The topological polar surface area (TPSA) is 58.3 Å². The Bertz CT molecular complexity index is 1690. The third-order valence-corrected chi connectivity index (χ3v) is 7.66. The number of fused-ring (bicyclic) bond motifs is 3. The first-order valence-electron chi connectivity index (χ1n) is 11.7. The fourth-order valence-electron chi connectivity index (χ4n) is 5.81. The molecular weight excluding hydrogens is 438 g/mol. The Morgan fingerprint density at radius 2 is 1.51 bits per heavy atom. The lowest BCUT2D eigenvalue weighted by Gasteiger charge is -2.30. The van der Waals surface area contributed by atoms with Gasteiger partial charge in [-0.3, -0.25) is 4.98 Å². The lowest BCUT2D eigenvalue weighted by atomic mass is 9.79. The van der Waals surface area contributed by atoms with Crippen molar-refractivity contribution in [3.05, 3.63) is 94.1 Å². The van der Waals surface area contributed by atoms with Crippen LogP contribution in [-0.4, -0.2) is 27.2 Å². The van der Waals surface area contributed by atoms with Crippen LogP contribution in [0.25, 0.3) is 21.8 Å². The smallest absolute Gasteiger partial charge is 0.341 e. The van der Waals surface area contributed by atoms with Crippen molar-refractivity contribution in [3.8, 4) is 5.75 Å². The number of methoxy groups -OCH3 is 1. The maximum atomic E-state index is 13.4. The van der Waals surface area contributed by atoms with Crippen LogP contribution < -0.4 is 4.74 Å². The number of esters is 1. The molecule has 0 radical (unpaired) electrons. The fraction of sp³-hybridized carbons (Fsp3) is 0.241. The maximum absolute atomic E-state index is 13.4. The van der Waals surface area contributed by atoms with Gasteiger partial charge in [0.25, 0.3) is 0 Å². The predicted octanol–water partition coefficient (Wildman–Crippen LogP) is 5.46. The van der Waals surface area contributed by atoms with Crippen LogP contribution in [0.1, 0.15) is 44.1 Å². The Labute approximate surface area is 203 Å². The van der Waals surface area contributed by atoms with Gasteiger partial charge < -0.3 is 18.6 Å². The third-order valence-electron chi connectivity index (χ3n) is 7.66. The normalized spacial score (nSPS) is 17.3. The van der Waals surface area contributed by atoms with E-state index in [4.69, 9.17) is 14.5 Å². The number of rotatable bonds is 3. The Kier molecular flexibility index (Phi) is 4.43. The van der Waals surface area contributed by atoms with Crippen LogP contribution in [0.4, 0.5) is 0 Å². The Hall–Kier alpha value is -4.06. The van der Waals surface area contributed by atoms with E-state index >= 15 is 0 Å². The number of aryl methyl sites for hydroxylation is 3. The van der Waals surface area contributed by atoms with Gasteiger partial charge in [0, 0.05) is 64.6 Å². The molecule has 6 rings (SSSR count). The molecule has 5 aromatic rings. The van der Waals surface area contributed by atoms with E-state index in [0.29, 0.717) is 11.3 Å². The molecule has 6 nitrogen and oxygen atoms in total. The molecule has 176 valence electrons. The first-order valence-corrected chi connectivity index (χ1v) is 11.7. The van der Waals surface area contributed by atoms with Crippen molar-refractivity contribution < 1.29 is 14.3 Å². The molecule has 1 unspecified atom stereocenters. The first kappa shape index (κ1) is 21.5. The summed E-state index contributed by atoms with van der Waals surface area (Å²) >= 11 is 0. The summed E-state index contributed by atoms with van der Waals surface area (Å²) in [4.78, 5) is 18.2. The first-order chi connectivity index (χ1) is 16.8. The molecule has 2 aromatic carbocycles. The van der Waals surface area contributed by atoms with Gasteiger partial charge in [0.2, 0.25) is 5.60 Å². The molecule has 0 saturated heterocycles. The summed E-state index contributed by atoms with van der Waals surface area (Å²) in [6.07, 6.45) is 1.74. The van der Waals surface area contributed by atoms with Gasteiger partial charge in [-0.2, -0.15) is 0 Å². The highest BCUT2D eigenvalue weighted by atomic mass is 16.6. The number of hydrogen-bond acceptors (Lipinski definition) is 4. The molecule has 1 aliphatic rings. The second kappa shape index (κ2) is 7.22. The summed E-state index contributed by atoms with van der Waals surface area (Å²) in [5.74, 6) is 0.381. The Balaban J connectivity index is 1.87. The van der Waals surface area contributed by atoms with Crippen LogP contribution in [0.3, 0.4) is 0 Å². The standard InChI is InChI=1S/C29H27N3O3/c1-16-9-11-23-21(14-16)25(17(2)31(23)4)29(27-20(28(33)35-29)8-7-13-30-27)26-18(3)32(5)24-12-10-19(34-6)15-22(24)26/h7-15H,1-6H3. The van der Waals surface area contributed by atoms with Crippen LogP contribution in [-0.2, 0) is 24.4 Å². The lowest BCUT2D eigenvalue weighted by Crippen LogP contribution is -2.32. The second-order valence-electron chi connectivity index (χ2n) is 9.41. The van der Waals surface area contributed by atoms with E-state index in [1.807, 2.05) is 19.2 Å². The van der Waals surface area contributed by atoms with Gasteiger partial charge in [0.15, 0.2) is 0 Å². The summed E-state index contributed by atoms with van der Waals surface area (Å²) in [6.45, 7) is 6.24. The molecule has 0 N–H and O–H groups in total. The SMILES string of the molecule is COc1ccc2c(c1)c(C1(c3c(C)n(C)c4ccc(C)cc34)OC(=O)c3cccnc31)c(C)n2C. The number of carbonyl (C=O) groups is 1. The van der Waals surface area contributed by atoms with E-state index in [-0.39, 0.29) is 5.97 Å². The molecular formula is C29H27N3O3. The van der Waals surface area contributed by atoms with Crippen LogP contribution in [0.2, 0.25) is 0 Å². The van der Waals surface area contributed by atoms with E-state index < -0.39 is 5.60 Å². The highest BCUT2D eigenvalue weighted by molar-refractivity contribution is 6.00. The van der Waals surface area contributed by atoms with Gasteiger partial charge in [-0.05, 0) is 63.2 Å². The average Bonchev–Trinajstić information content (AvgIpc) is 3.39. The van der Waals surface area contributed by atoms with E-state index in [1.165, 1.54) is 0 Å². The van der Waals surface area contributed by atoms with E-state index in [9.17, 15) is 4.79 Å². The minimum atomic E-state index is -1.21. The molecule has 4 heterocycles. The van der Waals surface area contributed by atoms with Crippen molar-refractivity contribution in [2.24, 2.45) is 14.1 Å². The zero-order valence-corrected chi connectivity index (χ0v) is 20.8. The Morgan fingerprint density at radius 3 is 2.17 bits per heavy atom.